The van der Waals surface area contributed by atoms with Gasteiger partial charge in [-0.1, -0.05) is 0 Å². The normalized spacial score (nSPS) is 19.4. The molecule has 31 heavy (non-hydrogen) atoms. The molecule has 2 aliphatic rings. The van der Waals surface area contributed by atoms with Crippen LogP contribution in [0.4, 0.5) is 5.95 Å². The minimum absolute atomic E-state index is 0. The molecule has 0 unspecified atom stereocenters. The van der Waals surface area contributed by atoms with Crippen LogP contribution in [0.1, 0.15) is 40.0 Å². The average Bonchev–Trinajstić information content (AvgIpc) is 2.78. The summed E-state index contributed by atoms with van der Waals surface area (Å²) in [5.41, 5.74) is 0. The second-order valence-electron chi connectivity index (χ2n) is 8.54. The van der Waals surface area contributed by atoms with Crippen molar-refractivity contribution >= 4 is 35.9 Å². The van der Waals surface area contributed by atoms with Crippen molar-refractivity contribution in [3.05, 3.63) is 18.5 Å². The van der Waals surface area contributed by atoms with Gasteiger partial charge in [0, 0.05) is 83.4 Å². The van der Waals surface area contributed by atoms with Crippen molar-refractivity contribution < 1.29 is 0 Å². The highest BCUT2D eigenvalue weighted by Crippen LogP contribution is 2.13. The first-order valence-corrected chi connectivity index (χ1v) is 11.7. The fraction of sp³-hybridized carbons (Fsp3) is 0.773. The summed E-state index contributed by atoms with van der Waals surface area (Å²) in [5.74, 6) is 1.83. The van der Waals surface area contributed by atoms with Gasteiger partial charge < -0.3 is 20.4 Å². The first kappa shape index (κ1) is 26.1. The topological polar surface area (TPSA) is 71.9 Å². The molecule has 2 fully saturated rings. The number of likely N-dealkylation sites (tertiary alicyclic amines) is 1. The van der Waals surface area contributed by atoms with Crippen LogP contribution in [0.25, 0.3) is 0 Å². The molecule has 2 aliphatic heterocycles. The van der Waals surface area contributed by atoms with Crippen molar-refractivity contribution in [3.8, 4) is 0 Å². The van der Waals surface area contributed by atoms with Crippen molar-refractivity contribution in [2.75, 3.05) is 63.8 Å². The van der Waals surface area contributed by atoms with Gasteiger partial charge in [0.05, 0.1) is 0 Å². The van der Waals surface area contributed by atoms with E-state index in [1.54, 1.807) is 0 Å². The molecule has 9 heteroatoms. The highest BCUT2D eigenvalue weighted by Gasteiger charge is 2.21. The fourth-order valence-corrected chi connectivity index (χ4v) is 4.18. The Morgan fingerprint density at radius 1 is 1.10 bits per heavy atom. The predicted octanol–water partition coefficient (Wildman–Crippen LogP) is 2.03. The zero-order chi connectivity index (χ0) is 21.2. The summed E-state index contributed by atoms with van der Waals surface area (Å²) in [7, 11) is 0. The molecule has 0 aromatic carbocycles. The lowest BCUT2D eigenvalue weighted by Gasteiger charge is -2.35. The molecule has 0 bridgehead atoms. The smallest absolute Gasteiger partial charge is 0.225 e. The Morgan fingerprint density at radius 3 is 2.39 bits per heavy atom. The molecule has 2 N–H and O–H groups in total. The van der Waals surface area contributed by atoms with Crippen LogP contribution in [-0.4, -0.2) is 96.7 Å². The van der Waals surface area contributed by atoms with Crippen LogP contribution in [0.5, 0.6) is 0 Å². The molecular formula is C22H41IN8. The molecule has 0 spiro atoms. The Labute approximate surface area is 205 Å². The van der Waals surface area contributed by atoms with Crippen LogP contribution in [-0.2, 0) is 0 Å². The third-order valence-electron chi connectivity index (χ3n) is 6.05. The van der Waals surface area contributed by atoms with E-state index in [0.717, 1.165) is 64.1 Å². The monoisotopic (exact) mass is 544 g/mol. The molecule has 2 saturated heterocycles. The third kappa shape index (κ3) is 8.69. The summed E-state index contributed by atoms with van der Waals surface area (Å²) in [5, 5.41) is 7.07. The highest BCUT2D eigenvalue weighted by molar-refractivity contribution is 14.0. The van der Waals surface area contributed by atoms with Crippen molar-refractivity contribution in [1.29, 1.82) is 0 Å². The van der Waals surface area contributed by atoms with Gasteiger partial charge in [0.15, 0.2) is 5.96 Å². The minimum Gasteiger partial charge on any atom is -0.357 e. The standard InChI is InChI=1S/C22H40N8.HI/c1-4-23-21(27-20-7-13-29(14-8-20)19(2)3)24-11-6-12-28-15-17-30(18-16-28)22-25-9-5-10-26-22;/h5,9-10,19-20H,4,6-8,11-18H2,1-3H3,(H2,23,24,27);1H. The summed E-state index contributed by atoms with van der Waals surface area (Å²) >= 11 is 0. The number of nitrogens with one attached hydrogen (secondary N) is 2. The number of anilines is 1. The highest BCUT2D eigenvalue weighted by atomic mass is 127. The van der Waals surface area contributed by atoms with Crippen LogP contribution < -0.4 is 15.5 Å². The maximum absolute atomic E-state index is 4.83. The number of aliphatic imine (C=N–C) groups is 1. The zero-order valence-corrected chi connectivity index (χ0v) is 21.8. The Morgan fingerprint density at radius 2 is 1.77 bits per heavy atom. The van der Waals surface area contributed by atoms with Crippen LogP contribution in [0.3, 0.4) is 0 Å². The quantitative estimate of drug-likeness (QED) is 0.225. The Kier molecular flexibility index (Phi) is 11.8. The summed E-state index contributed by atoms with van der Waals surface area (Å²) in [6.07, 6.45) is 7.10. The van der Waals surface area contributed by atoms with Crippen LogP contribution >= 0.6 is 24.0 Å². The van der Waals surface area contributed by atoms with Gasteiger partial charge in [-0.15, -0.1) is 24.0 Å². The second kappa shape index (κ2) is 14.1. The molecule has 176 valence electrons. The van der Waals surface area contributed by atoms with Crippen LogP contribution in [0, 0.1) is 0 Å². The lowest BCUT2D eigenvalue weighted by molar-refractivity contribution is 0.167. The Hall–Kier alpha value is -1.20. The molecule has 1 aromatic heterocycles. The van der Waals surface area contributed by atoms with Gasteiger partial charge in [-0.3, -0.25) is 9.89 Å². The largest absolute Gasteiger partial charge is 0.357 e. The maximum Gasteiger partial charge on any atom is 0.225 e. The minimum atomic E-state index is 0. The first-order valence-electron chi connectivity index (χ1n) is 11.7. The molecule has 8 nitrogen and oxygen atoms in total. The van der Waals surface area contributed by atoms with E-state index in [1.807, 2.05) is 18.5 Å². The van der Waals surface area contributed by atoms with Crippen LogP contribution in [0.15, 0.2) is 23.5 Å². The SMILES string of the molecule is CCNC(=NCCCN1CCN(c2ncccn2)CC1)NC1CCN(C(C)C)CC1.I. The molecule has 0 atom stereocenters. The van der Waals surface area contributed by atoms with Gasteiger partial charge in [0.25, 0.3) is 0 Å². The molecule has 1 aromatic rings. The van der Waals surface area contributed by atoms with Crippen LogP contribution in [0.2, 0.25) is 0 Å². The predicted molar refractivity (Wildman–Crippen MR) is 140 cm³/mol. The summed E-state index contributed by atoms with van der Waals surface area (Å²) in [6, 6.07) is 3.05. The lowest BCUT2D eigenvalue weighted by Crippen LogP contribution is -2.50. The summed E-state index contributed by atoms with van der Waals surface area (Å²) in [4.78, 5) is 20.9. The van der Waals surface area contributed by atoms with Gasteiger partial charge in [0.2, 0.25) is 5.95 Å². The number of nitrogens with zero attached hydrogens (tertiary/aromatic N) is 6. The van der Waals surface area contributed by atoms with Gasteiger partial charge in [-0.05, 0) is 46.1 Å². The molecule has 0 saturated carbocycles. The van der Waals surface area contributed by atoms with E-state index in [2.05, 4.69) is 56.1 Å². The second-order valence-corrected chi connectivity index (χ2v) is 8.54. The number of piperazine rings is 1. The van der Waals surface area contributed by atoms with Crippen molar-refractivity contribution in [2.24, 2.45) is 4.99 Å². The van der Waals surface area contributed by atoms with E-state index in [0.29, 0.717) is 12.1 Å². The number of hydrogen-bond acceptors (Lipinski definition) is 6. The molecule has 0 amide bonds. The van der Waals surface area contributed by atoms with E-state index in [-0.39, 0.29) is 24.0 Å². The van der Waals surface area contributed by atoms with Gasteiger partial charge in [-0.2, -0.15) is 0 Å². The molecule has 3 rings (SSSR count). The van der Waals surface area contributed by atoms with Gasteiger partial charge in [0.1, 0.15) is 0 Å². The first-order chi connectivity index (χ1) is 14.7. The van der Waals surface area contributed by atoms with E-state index >= 15 is 0 Å². The van der Waals surface area contributed by atoms with Crippen molar-refractivity contribution in [3.63, 3.8) is 0 Å². The molecule has 3 heterocycles. The summed E-state index contributed by atoms with van der Waals surface area (Å²) in [6.45, 7) is 16.0. The van der Waals surface area contributed by atoms with E-state index in [1.165, 1.54) is 25.9 Å². The molecule has 0 aliphatic carbocycles. The van der Waals surface area contributed by atoms with Gasteiger partial charge in [-0.25, -0.2) is 9.97 Å². The fourth-order valence-electron chi connectivity index (χ4n) is 4.18. The van der Waals surface area contributed by atoms with E-state index in [4.69, 9.17) is 4.99 Å². The third-order valence-corrected chi connectivity index (χ3v) is 6.05. The maximum atomic E-state index is 4.83. The number of rotatable bonds is 8. The number of guanidine groups is 1. The van der Waals surface area contributed by atoms with E-state index < -0.39 is 0 Å². The number of halogens is 1. The van der Waals surface area contributed by atoms with Gasteiger partial charge >= 0.3 is 0 Å². The molecule has 0 radical (unpaired) electrons. The summed E-state index contributed by atoms with van der Waals surface area (Å²) < 4.78 is 0. The average molecular weight is 545 g/mol. The Balaban J connectivity index is 0.00000341. The molecular weight excluding hydrogens is 503 g/mol. The van der Waals surface area contributed by atoms with Crippen molar-refractivity contribution in [2.45, 2.75) is 52.1 Å². The Bertz CT molecular complexity index is 626. The van der Waals surface area contributed by atoms with E-state index in [9.17, 15) is 0 Å². The van der Waals surface area contributed by atoms with Crippen molar-refractivity contribution in [1.82, 2.24) is 30.4 Å². The number of aromatic nitrogens is 2. The zero-order valence-electron chi connectivity index (χ0n) is 19.5. The lowest BCUT2D eigenvalue weighted by atomic mass is 10.0. The number of hydrogen-bond donors (Lipinski definition) is 2. The number of piperidine rings is 1.